The summed E-state index contributed by atoms with van der Waals surface area (Å²) in [6.07, 6.45) is 12.1. The van der Waals surface area contributed by atoms with Crippen LogP contribution in [0, 0.1) is 17.3 Å². The van der Waals surface area contributed by atoms with Gasteiger partial charge >= 0.3 is 0 Å². The number of aryl methyl sites for hydroxylation is 1. The molecule has 0 radical (unpaired) electrons. The average Bonchev–Trinajstić information content (AvgIpc) is 3.02. The molecular formula is C25H38O2. The van der Waals surface area contributed by atoms with Gasteiger partial charge in [-0.1, -0.05) is 32.8 Å². The summed E-state index contributed by atoms with van der Waals surface area (Å²) in [4.78, 5) is 0. The van der Waals surface area contributed by atoms with Gasteiger partial charge in [0.05, 0.1) is 12.7 Å². The van der Waals surface area contributed by atoms with E-state index in [0.29, 0.717) is 11.5 Å². The third-order valence-corrected chi connectivity index (χ3v) is 8.00. The van der Waals surface area contributed by atoms with Crippen molar-refractivity contribution >= 4 is 0 Å². The highest BCUT2D eigenvalue weighted by Gasteiger charge is 2.55. The number of hydrogen-bond acceptors (Lipinski definition) is 2. The second-order valence-electron chi connectivity index (χ2n) is 9.40. The van der Waals surface area contributed by atoms with Crippen LogP contribution in [0.2, 0.25) is 0 Å². The molecule has 0 aliphatic heterocycles. The molecule has 2 nitrogen and oxygen atoms in total. The van der Waals surface area contributed by atoms with E-state index in [1.165, 1.54) is 57.8 Å². The van der Waals surface area contributed by atoms with Crippen LogP contribution < -0.4 is 4.74 Å². The van der Waals surface area contributed by atoms with E-state index < -0.39 is 0 Å². The summed E-state index contributed by atoms with van der Waals surface area (Å²) in [7, 11) is 0. The van der Waals surface area contributed by atoms with Crippen LogP contribution in [0.3, 0.4) is 0 Å². The summed E-state index contributed by atoms with van der Waals surface area (Å²) in [5, 5.41) is 0. The zero-order valence-electron chi connectivity index (χ0n) is 17.6. The van der Waals surface area contributed by atoms with Crippen LogP contribution in [-0.4, -0.2) is 19.3 Å². The Labute approximate surface area is 166 Å². The van der Waals surface area contributed by atoms with Gasteiger partial charge in [-0.15, -0.1) is 0 Å². The number of benzene rings is 1. The molecule has 2 saturated carbocycles. The number of unbranched alkanes of at least 4 members (excludes halogenated alkanes) is 2. The van der Waals surface area contributed by atoms with Gasteiger partial charge < -0.3 is 9.47 Å². The lowest BCUT2D eigenvalue weighted by Crippen LogP contribution is -2.44. The van der Waals surface area contributed by atoms with E-state index >= 15 is 0 Å². The Morgan fingerprint density at radius 2 is 1.96 bits per heavy atom. The largest absolute Gasteiger partial charge is 0.494 e. The molecule has 150 valence electrons. The Balaban J connectivity index is 1.47. The highest BCUT2D eigenvalue weighted by molar-refractivity contribution is 5.40. The number of fused-ring (bicyclic) bond motifs is 5. The standard InChI is InChI=1S/C25H38O2/c1-4-6-7-16-27-19-9-11-20-18(17-19)8-10-22-21(20)14-15-25(3)23(22)12-13-24(25)26-5-2/h9,11,17,21-24H,4-8,10,12-16H2,1-3H3/t21-,22-,23+,24?,25+/m1/s1. The van der Waals surface area contributed by atoms with Gasteiger partial charge in [-0.3, -0.25) is 0 Å². The van der Waals surface area contributed by atoms with Gasteiger partial charge in [0.1, 0.15) is 5.75 Å². The zero-order chi connectivity index (χ0) is 18.9. The molecule has 4 rings (SSSR count). The van der Waals surface area contributed by atoms with E-state index in [9.17, 15) is 0 Å². The lowest BCUT2D eigenvalue weighted by molar-refractivity contribution is -0.0600. The number of hydrogen-bond donors (Lipinski definition) is 0. The smallest absolute Gasteiger partial charge is 0.119 e. The van der Waals surface area contributed by atoms with Crippen molar-refractivity contribution in [3.63, 3.8) is 0 Å². The summed E-state index contributed by atoms with van der Waals surface area (Å²) in [6.45, 7) is 8.65. The lowest BCUT2D eigenvalue weighted by atomic mass is 9.55. The molecule has 0 saturated heterocycles. The predicted octanol–water partition coefficient (Wildman–Crippen LogP) is 6.52. The first kappa shape index (κ1) is 19.3. The van der Waals surface area contributed by atoms with Crippen LogP contribution in [-0.2, 0) is 11.2 Å². The minimum absolute atomic E-state index is 0.414. The van der Waals surface area contributed by atoms with E-state index in [-0.39, 0.29) is 0 Å². The third kappa shape index (κ3) is 3.55. The van der Waals surface area contributed by atoms with Crippen LogP contribution in [0.15, 0.2) is 18.2 Å². The Hall–Kier alpha value is -1.02. The average molecular weight is 371 g/mol. The van der Waals surface area contributed by atoms with Crippen LogP contribution in [0.1, 0.15) is 89.2 Å². The first-order valence-electron chi connectivity index (χ1n) is 11.5. The van der Waals surface area contributed by atoms with Crippen molar-refractivity contribution in [1.82, 2.24) is 0 Å². The Morgan fingerprint density at radius 3 is 2.78 bits per heavy atom. The fraction of sp³-hybridized carbons (Fsp3) is 0.760. The number of rotatable bonds is 7. The molecule has 3 aliphatic rings. The van der Waals surface area contributed by atoms with Gasteiger partial charge in [0.25, 0.3) is 0 Å². The van der Waals surface area contributed by atoms with Gasteiger partial charge in [0.15, 0.2) is 0 Å². The topological polar surface area (TPSA) is 18.5 Å². The molecule has 0 heterocycles. The summed E-state index contributed by atoms with van der Waals surface area (Å²) in [6, 6.07) is 6.99. The second kappa shape index (κ2) is 8.15. The molecule has 0 spiro atoms. The van der Waals surface area contributed by atoms with Crippen molar-refractivity contribution in [2.75, 3.05) is 13.2 Å². The fourth-order valence-electron chi connectivity index (χ4n) is 6.62. The van der Waals surface area contributed by atoms with E-state index in [2.05, 4.69) is 39.0 Å². The summed E-state index contributed by atoms with van der Waals surface area (Å²) in [5.41, 5.74) is 3.61. The van der Waals surface area contributed by atoms with E-state index in [0.717, 1.165) is 36.7 Å². The molecule has 0 amide bonds. The molecule has 5 atom stereocenters. The van der Waals surface area contributed by atoms with E-state index in [1.54, 1.807) is 11.1 Å². The second-order valence-corrected chi connectivity index (χ2v) is 9.40. The SMILES string of the molecule is CCCCCOc1ccc2c(c1)CC[C@@H]1[C@@H]2CC[C@]2(C)C(OCC)CC[C@@H]12. The van der Waals surface area contributed by atoms with Crippen LogP contribution in [0.5, 0.6) is 5.75 Å². The Kier molecular flexibility index (Phi) is 5.83. The highest BCUT2D eigenvalue weighted by atomic mass is 16.5. The molecule has 0 aromatic heterocycles. The van der Waals surface area contributed by atoms with Crippen molar-refractivity contribution in [2.45, 2.75) is 90.6 Å². The molecule has 2 fully saturated rings. The van der Waals surface area contributed by atoms with Crippen LogP contribution >= 0.6 is 0 Å². The van der Waals surface area contributed by atoms with Gasteiger partial charge in [-0.2, -0.15) is 0 Å². The molecule has 1 aromatic carbocycles. The van der Waals surface area contributed by atoms with E-state index in [1.807, 2.05) is 0 Å². The quantitative estimate of drug-likeness (QED) is 0.509. The molecule has 1 aromatic rings. The highest BCUT2D eigenvalue weighted by Crippen LogP contribution is 2.61. The third-order valence-electron chi connectivity index (χ3n) is 8.00. The Bertz CT molecular complexity index is 639. The normalized spacial score (nSPS) is 34.6. The van der Waals surface area contributed by atoms with Crippen molar-refractivity contribution in [2.24, 2.45) is 17.3 Å². The predicted molar refractivity (Wildman–Crippen MR) is 111 cm³/mol. The molecule has 27 heavy (non-hydrogen) atoms. The maximum atomic E-state index is 6.18. The van der Waals surface area contributed by atoms with Crippen LogP contribution in [0.4, 0.5) is 0 Å². The molecule has 0 bridgehead atoms. The molecule has 1 unspecified atom stereocenters. The molecule has 0 N–H and O–H groups in total. The van der Waals surface area contributed by atoms with Crippen molar-refractivity contribution in [3.8, 4) is 5.75 Å². The lowest BCUT2D eigenvalue weighted by Gasteiger charge is -2.50. The maximum Gasteiger partial charge on any atom is 0.119 e. The summed E-state index contributed by atoms with van der Waals surface area (Å²) >= 11 is 0. The van der Waals surface area contributed by atoms with Gasteiger partial charge in [0, 0.05) is 6.61 Å². The zero-order valence-corrected chi connectivity index (χ0v) is 17.6. The van der Waals surface area contributed by atoms with Gasteiger partial charge in [-0.25, -0.2) is 0 Å². The molecule has 2 heteroatoms. The van der Waals surface area contributed by atoms with Gasteiger partial charge in [-0.05, 0) is 98.3 Å². The fourth-order valence-corrected chi connectivity index (χ4v) is 6.62. The maximum absolute atomic E-state index is 6.18. The minimum Gasteiger partial charge on any atom is -0.494 e. The Morgan fingerprint density at radius 1 is 1.07 bits per heavy atom. The minimum atomic E-state index is 0.414. The van der Waals surface area contributed by atoms with Crippen molar-refractivity contribution < 1.29 is 9.47 Å². The van der Waals surface area contributed by atoms with Gasteiger partial charge in [0.2, 0.25) is 0 Å². The first-order chi connectivity index (χ1) is 13.2. The van der Waals surface area contributed by atoms with Crippen LogP contribution in [0.25, 0.3) is 0 Å². The molecular weight excluding hydrogens is 332 g/mol. The first-order valence-corrected chi connectivity index (χ1v) is 11.5. The monoisotopic (exact) mass is 370 g/mol. The molecule has 3 aliphatic carbocycles. The number of ether oxygens (including phenoxy) is 2. The van der Waals surface area contributed by atoms with Crippen molar-refractivity contribution in [3.05, 3.63) is 29.3 Å². The summed E-state index contributed by atoms with van der Waals surface area (Å²) < 4.78 is 12.2. The summed E-state index contributed by atoms with van der Waals surface area (Å²) in [5.74, 6) is 3.56. The van der Waals surface area contributed by atoms with E-state index in [4.69, 9.17) is 9.47 Å². The van der Waals surface area contributed by atoms with Crippen molar-refractivity contribution in [1.29, 1.82) is 0 Å².